The second-order valence-electron chi connectivity index (χ2n) is 5.25. The van der Waals surface area contributed by atoms with Crippen molar-refractivity contribution in [3.05, 3.63) is 0 Å². The predicted molar refractivity (Wildman–Crippen MR) is 79.5 cm³/mol. The number of carbonyl (C=O) groups is 3. The first kappa shape index (κ1) is 17.6. The maximum atomic E-state index is 12.0. The summed E-state index contributed by atoms with van der Waals surface area (Å²) in [4.78, 5) is 35.1. The van der Waals surface area contributed by atoms with Crippen LogP contribution in [0.4, 0.5) is 4.79 Å². The number of thioether (sulfide) groups is 1. The van der Waals surface area contributed by atoms with Crippen molar-refractivity contribution in [3.63, 3.8) is 0 Å². The molecule has 0 bridgehead atoms. The largest absolute Gasteiger partial charge is 0.480 e. The summed E-state index contributed by atoms with van der Waals surface area (Å²) < 4.78 is 0. The SMILES string of the molecule is CC1CCCN(C(=O)CCSCC(NC(=O)O)C(=O)O)C1. The lowest BCUT2D eigenvalue weighted by Gasteiger charge is -2.31. The molecule has 0 aliphatic carbocycles. The van der Waals surface area contributed by atoms with Crippen molar-refractivity contribution in [2.75, 3.05) is 24.6 Å². The zero-order valence-corrected chi connectivity index (χ0v) is 12.9. The molecule has 21 heavy (non-hydrogen) atoms. The maximum Gasteiger partial charge on any atom is 0.405 e. The summed E-state index contributed by atoms with van der Waals surface area (Å²) in [6, 6.07) is -1.14. The van der Waals surface area contributed by atoms with Crippen LogP contribution >= 0.6 is 11.8 Å². The van der Waals surface area contributed by atoms with Crippen LogP contribution < -0.4 is 5.32 Å². The lowest BCUT2D eigenvalue weighted by Crippen LogP contribution is -2.42. The van der Waals surface area contributed by atoms with Crippen LogP contribution in [-0.4, -0.2) is 63.7 Å². The van der Waals surface area contributed by atoms with Gasteiger partial charge in [0.05, 0.1) is 0 Å². The first-order valence-electron chi connectivity index (χ1n) is 6.98. The summed E-state index contributed by atoms with van der Waals surface area (Å²) in [6.07, 6.45) is 1.18. The number of hydrogen-bond donors (Lipinski definition) is 3. The highest BCUT2D eigenvalue weighted by Gasteiger charge is 2.22. The van der Waals surface area contributed by atoms with Gasteiger partial charge in [0.2, 0.25) is 5.91 Å². The molecule has 0 saturated carbocycles. The molecular formula is C13H22N2O5S. The highest BCUT2D eigenvalue weighted by molar-refractivity contribution is 7.99. The molecular weight excluding hydrogens is 296 g/mol. The van der Waals surface area contributed by atoms with Crippen LogP contribution in [0.5, 0.6) is 0 Å². The number of nitrogens with zero attached hydrogens (tertiary/aromatic N) is 1. The number of nitrogens with one attached hydrogen (secondary N) is 1. The minimum absolute atomic E-state index is 0.0899. The normalized spacial score (nSPS) is 19.9. The van der Waals surface area contributed by atoms with Gasteiger partial charge in [-0.3, -0.25) is 4.79 Å². The van der Waals surface area contributed by atoms with Crippen LogP contribution in [0.2, 0.25) is 0 Å². The van der Waals surface area contributed by atoms with Crippen molar-refractivity contribution < 1.29 is 24.6 Å². The fraction of sp³-hybridized carbons (Fsp3) is 0.769. The average Bonchev–Trinajstić information content (AvgIpc) is 2.41. The zero-order valence-electron chi connectivity index (χ0n) is 12.1. The van der Waals surface area contributed by atoms with Crippen molar-refractivity contribution >= 4 is 29.7 Å². The minimum atomic E-state index is -1.36. The van der Waals surface area contributed by atoms with E-state index in [0.717, 1.165) is 25.9 Å². The summed E-state index contributed by atoms with van der Waals surface area (Å²) in [5.41, 5.74) is 0. The van der Waals surface area contributed by atoms with Gasteiger partial charge in [0.15, 0.2) is 0 Å². The average molecular weight is 318 g/mol. The monoisotopic (exact) mass is 318 g/mol. The summed E-state index contributed by atoms with van der Waals surface area (Å²) >= 11 is 1.27. The molecule has 2 amide bonds. The molecule has 1 fully saturated rings. The molecule has 1 rings (SSSR count). The highest BCUT2D eigenvalue weighted by Crippen LogP contribution is 2.17. The Bertz CT molecular complexity index is 391. The van der Waals surface area contributed by atoms with Gasteiger partial charge in [0, 0.05) is 31.0 Å². The Morgan fingerprint density at radius 3 is 2.67 bits per heavy atom. The van der Waals surface area contributed by atoms with Gasteiger partial charge in [-0.2, -0.15) is 11.8 Å². The molecule has 0 radical (unpaired) electrons. The van der Waals surface area contributed by atoms with Gasteiger partial charge >= 0.3 is 12.1 Å². The summed E-state index contributed by atoms with van der Waals surface area (Å²) in [5, 5.41) is 19.3. The van der Waals surface area contributed by atoms with E-state index in [2.05, 4.69) is 6.92 Å². The van der Waals surface area contributed by atoms with Crippen molar-refractivity contribution in [1.29, 1.82) is 0 Å². The molecule has 0 aromatic rings. The van der Waals surface area contributed by atoms with E-state index in [1.807, 2.05) is 10.2 Å². The lowest BCUT2D eigenvalue weighted by atomic mass is 10.0. The Balaban J connectivity index is 2.24. The van der Waals surface area contributed by atoms with Crippen LogP contribution in [0.15, 0.2) is 0 Å². The molecule has 7 nitrogen and oxygen atoms in total. The highest BCUT2D eigenvalue weighted by atomic mass is 32.2. The van der Waals surface area contributed by atoms with Crippen molar-refractivity contribution in [1.82, 2.24) is 10.2 Å². The molecule has 2 atom stereocenters. The van der Waals surface area contributed by atoms with E-state index in [-0.39, 0.29) is 11.7 Å². The van der Waals surface area contributed by atoms with Crippen molar-refractivity contribution in [2.45, 2.75) is 32.2 Å². The molecule has 8 heteroatoms. The quantitative estimate of drug-likeness (QED) is 0.607. The zero-order chi connectivity index (χ0) is 15.8. The fourth-order valence-corrected chi connectivity index (χ4v) is 3.21. The number of carbonyl (C=O) groups excluding carboxylic acids is 1. The summed E-state index contributed by atoms with van der Waals surface area (Å²) in [7, 11) is 0. The number of likely N-dealkylation sites (tertiary alicyclic amines) is 1. The standard InChI is InChI=1S/C13H22N2O5S/c1-9-3-2-5-15(7-9)11(16)4-6-21-8-10(12(17)18)14-13(19)20/h9-10,14H,2-8H2,1H3,(H,17,18)(H,19,20). The van der Waals surface area contributed by atoms with Crippen molar-refractivity contribution in [3.8, 4) is 0 Å². The van der Waals surface area contributed by atoms with E-state index in [9.17, 15) is 14.4 Å². The number of piperidine rings is 1. The van der Waals surface area contributed by atoms with Crippen LogP contribution in [0.25, 0.3) is 0 Å². The molecule has 0 spiro atoms. The third-order valence-electron chi connectivity index (χ3n) is 3.35. The molecule has 3 N–H and O–H groups in total. The van der Waals surface area contributed by atoms with E-state index in [4.69, 9.17) is 10.2 Å². The Morgan fingerprint density at radius 1 is 1.38 bits per heavy atom. The van der Waals surface area contributed by atoms with Crippen LogP contribution in [-0.2, 0) is 9.59 Å². The molecule has 1 aliphatic rings. The van der Waals surface area contributed by atoms with Gasteiger partial charge in [-0.25, -0.2) is 9.59 Å². The number of carboxylic acids is 1. The second kappa shape index (κ2) is 8.76. The number of rotatable bonds is 7. The van der Waals surface area contributed by atoms with Gasteiger partial charge in [-0.1, -0.05) is 6.92 Å². The van der Waals surface area contributed by atoms with E-state index in [0.29, 0.717) is 18.1 Å². The summed E-state index contributed by atoms with van der Waals surface area (Å²) in [5.74, 6) is 0.0276. The van der Waals surface area contributed by atoms with E-state index in [1.165, 1.54) is 11.8 Å². The van der Waals surface area contributed by atoms with Gasteiger partial charge in [0.1, 0.15) is 6.04 Å². The molecule has 0 aromatic heterocycles. The smallest absolute Gasteiger partial charge is 0.405 e. The van der Waals surface area contributed by atoms with Gasteiger partial charge in [-0.15, -0.1) is 0 Å². The lowest BCUT2D eigenvalue weighted by molar-refractivity contribution is -0.138. The first-order chi connectivity index (χ1) is 9.90. The first-order valence-corrected chi connectivity index (χ1v) is 8.13. The minimum Gasteiger partial charge on any atom is -0.480 e. The number of carboxylic acid groups (broad SMARTS) is 2. The number of hydrogen-bond acceptors (Lipinski definition) is 4. The fourth-order valence-electron chi connectivity index (χ4n) is 2.26. The van der Waals surface area contributed by atoms with Gasteiger partial charge in [-0.05, 0) is 18.8 Å². The maximum absolute atomic E-state index is 12.0. The third kappa shape index (κ3) is 6.70. The van der Waals surface area contributed by atoms with E-state index in [1.54, 1.807) is 0 Å². The van der Waals surface area contributed by atoms with Gasteiger partial charge in [0.25, 0.3) is 0 Å². The van der Waals surface area contributed by atoms with Crippen LogP contribution in [0.1, 0.15) is 26.2 Å². The Hall–Kier alpha value is -1.44. The van der Waals surface area contributed by atoms with Gasteiger partial charge < -0.3 is 20.4 Å². The molecule has 1 aliphatic heterocycles. The predicted octanol–water partition coefficient (Wildman–Crippen LogP) is 1.09. The third-order valence-corrected chi connectivity index (χ3v) is 4.41. The Morgan fingerprint density at radius 2 is 2.10 bits per heavy atom. The molecule has 2 unspecified atom stereocenters. The van der Waals surface area contributed by atoms with Crippen molar-refractivity contribution in [2.24, 2.45) is 5.92 Å². The number of aliphatic carboxylic acids is 1. The van der Waals surface area contributed by atoms with E-state index >= 15 is 0 Å². The Kier molecular flexibility index (Phi) is 7.35. The molecule has 1 heterocycles. The topological polar surface area (TPSA) is 107 Å². The molecule has 1 saturated heterocycles. The van der Waals surface area contributed by atoms with Crippen LogP contribution in [0.3, 0.4) is 0 Å². The Labute approximate surface area is 128 Å². The second-order valence-corrected chi connectivity index (χ2v) is 6.40. The van der Waals surface area contributed by atoms with Crippen LogP contribution in [0, 0.1) is 5.92 Å². The number of amides is 2. The summed E-state index contributed by atoms with van der Waals surface area (Å²) in [6.45, 7) is 3.72. The molecule has 120 valence electrons. The van der Waals surface area contributed by atoms with E-state index < -0.39 is 18.1 Å². The molecule has 0 aromatic carbocycles.